The molecule has 1 N–H and O–H groups in total. The summed E-state index contributed by atoms with van der Waals surface area (Å²) in [7, 11) is 0. The van der Waals surface area contributed by atoms with Crippen molar-refractivity contribution in [3.8, 4) is 11.1 Å². The van der Waals surface area contributed by atoms with Gasteiger partial charge < -0.3 is 9.88 Å². The van der Waals surface area contributed by atoms with Gasteiger partial charge in [-0.15, -0.1) is 0 Å². The largest absolute Gasteiger partial charge is 0.312 e. The Hall–Kier alpha value is -2.31. The molecule has 154 valence electrons. The molecule has 3 aromatic rings. The number of nitrogens with zero attached hydrogens (tertiary/aromatic N) is 5. The number of fused-ring (bicyclic) bond motifs is 1. The third kappa shape index (κ3) is 4.05. The Labute approximate surface area is 173 Å². The molecule has 1 saturated heterocycles. The summed E-state index contributed by atoms with van der Waals surface area (Å²) in [6.45, 7) is 12.0. The average Bonchev–Trinajstić information content (AvgIpc) is 3.09. The van der Waals surface area contributed by atoms with Crippen LogP contribution in [0.4, 0.5) is 0 Å². The Bertz CT molecular complexity index is 941. The summed E-state index contributed by atoms with van der Waals surface area (Å²) < 4.78 is 2.31. The van der Waals surface area contributed by atoms with Crippen molar-refractivity contribution < 1.29 is 0 Å². The first kappa shape index (κ1) is 20.0. The maximum atomic E-state index is 5.14. The Balaban J connectivity index is 1.76. The van der Waals surface area contributed by atoms with Crippen LogP contribution in [0, 0.1) is 0 Å². The summed E-state index contributed by atoms with van der Waals surface area (Å²) in [4.78, 5) is 16.7. The first-order chi connectivity index (χ1) is 14.1. The number of rotatable bonds is 6. The molecule has 0 amide bonds. The highest BCUT2D eigenvalue weighted by Crippen LogP contribution is 2.31. The lowest BCUT2D eigenvalue weighted by Crippen LogP contribution is -2.55. The molecule has 29 heavy (non-hydrogen) atoms. The quantitative estimate of drug-likeness (QED) is 0.686. The molecule has 3 aromatic heterocycles. The molecule has 6 heteroatoms. The fraction of sp³-hybridized carbons (Fsp3) is 0.522. The van der Waals surface area contributed by atoms with E-state index in [2.05, 4.69) is 53.5 Å². The Morgan fingerprint density at radius 2 is 1.83 bits per heavy atom. The molecule has 0 bridgehead atoms. The highest BCUT2D eigenvalue weighted by Gasteiger charge is 2.31. The van der Waals surface area contributed by atoms with Gasteiger partial charge in [0.25, 0.3) is 0 Å². The smallest absolute Gasteiger partial charge is 0.160 e. The van der Waals surface area contributed by atoms with E-state index in [9.17, 15) is 0 Å². The fourth-order valence-corrected chi connectivity index (χ4v) is 4.67. The van der Waals surface area contributed by atoms with E-state index in [1.165, 1.54) is 0 Å². The van der Waals surface area contributed by atoms with Gasteiger partial charge in [-0.25, -0.2) is 9.97 Å². The second-order valence-corrected chi connectivity index (χ2v) is 8.24. The molecule has 1 aliphatic rings. The molecular weight excluding hydrogens is 360 g/mol. The van der Waals surface area contributed by atoms with Gasteiger partial charge in [-0.2, -0.15) is 0 Å². The van der Waals surface area contributed by atoms with Crippen molar-refractivity contribution in [2.75, 3.05) is 13.1 Å². The minimum absolute atomic E-state index is 0.325. The number of hydrogen-bond acceptors (Lipinski definition) is 5. The van der Waals surface area contributed by atoms with Crippen LogP contribution in [0.1, 0.15) is 52.4 Å². The molecular formula is C23H32N6. The third-order valence-electron chi connectivity index (χ3n) is 5.83. The molecule has 3 atom stereocenters. The third-order valence-corrected chi connectivity index (χ3v) is 5.83. The average molecular weight is 393 g/mol. The van der Waals surface area contributed by atoms with Crippen molar-refractivity contribution in [1.29, 1.82) is 0 Å². The molecule has 1 fully saturated rings. The van der Waals surface area contributed by atoms with Gasteiger partial charge in [-0.1, -0.05) is 13.3 Å². The maximum Gasteiger partial charge on any atom is 0.160 e. The first-order valence-corrected chi connectivity index (χ1v) is 10.9. The molecule has 1 unspecified atom stereocenters. The van der Waals surface area contributed by atoms with Crippen LogP contribution in [0.2, 0.25) is 0 Å². The van der Waals surface area contributed by atoms with Crippen LogP contribution in [-0.2, 0) is 6.54 Å². The fourth-order valence-electron chi connectivity index (χ4n) is 4.67. The van der Waals surface area contributed by atoms with Crippen LogP contribution in [0.25, 0.3) is 22.3 Å². The summed E-state index contributed by atoms with van der Waals surface area (Å²) in [5.74, 6) is 1.16. The van der Waals surface area contributed by atoms with Gasteiger partial charge in [-0.05, 0) is 51.0 Å². The van der Waals surface area contributed by atoms with Crippen molar-refractivity contribution in [1.82, 2.24) is 29.7 Å². The van der Waals surface area contributed by atoms with Crippen molar-refractivity contribution >= 4 is 11.2 Å². The second kappa shape index (κ2) is 8.59. The molecule has 4 heterocycles. The lowest BCUT2D eigenvalue weighted by Gasteiger charge is -2.40. The minimum atomic E-state index is 0.325. The van der Waals surface area contributed by atoms with E-state index in [4.69, 9.17) is 9.97 Å². The van der Waals surface area contributed by atoms with Gasteiger partial charge >= 0.3 is 0 Å². The van der Waals surface area contributed by atoms with Crippen LogP contribution in [-0.4, -0.2) is 49.6 Å². The van der Waals surface area contributed by atoms with E-state index in [1.54, 1.807) is 0 Å². The number of pyridine rings is 2. The molecule has 1 aliphatic heterocycles. The molecule has 0 aliphatic carbocycles. The summed E-state index contributed by atoms with van der Waals surface area (Å²) in [5, 5.41) is 3.65. The second-order valence-electron chi connectivity index (χ2n) is 8.24. The molecule has 0 radical (unpaired) electrons. The van der Waals surface area contributed by atoms with Gasteiger partial charge in [0, 0.05) is 55.9 Å². The van der Waals surface area contributed by atoms with E-state index >= 15 is 0 Å². The van der Waals surface area contributed by atoms with Crippen LogP contribution in [0.15, 0.2) is 36.8 Å². The normalized spacial score (nSPS) is 21.5. The standard InChI is InChI=1S/C23H32N6/c1-5-7-21(28-14-16(3)26-17(4)15-28)23-27-20-12-19(18-8-10-24-11-9-18)13-25-22(20)29(23)6-2/h8-13,16-17,21,26H,5-7,14-15H2,1-4H3/t16-,17+,21?. The molecule has 0 aromatic carbocycles. The highest BCUT2D eigenvalue weighted by molar-refractivity contribution is 5.78. The minimum Gasteiger partial charge on any atom is -0.312 e. The molecule has 0 spiro atoms. The van der Waals surface area contributed by atoms with Crippen LogP contribution >= 0.6 is 0 Å². The van der Waals surface area contributed by atoms with Gasteiger partial charge in [0.2, 0.25) is 0 Å². The topological polar surface area (TPSA) is 58.9 Å². The van der Waals surface area contributed by atoms with Gasteiger partial charge in [-0.3, -0.25) is 9.88 Å². The summed E-state index contributed by atoms with van der Waals surface area (Å²) >= 11 is 0. The predicted octanol–water partition coefficient (Wildman–Crippen LogP) is 4.04. The highest BCUT2D eigenvalue weighted by atomic mass is 15.3. The van der Waals surface area contributed by atoms with E-state index in [0.29, 0.717) is 18.1 Å². The van der Waals surface area contributed by atoms with E-state index in [-0.39, 0.29) is 0 Å². The number of nitrogens with one attached hydrogen (secondary N) is 1. The maximum absolute atomic E-state index is 5.14. The molecule has 6 nitrogen and oxygen atoms in total. The van der Waals surface area contributed by atoms with Crippen molar-refractivity contribution in [2.45, 2.75) is 65.2 Å². The van der Waals surface area contributed by atoms with Crippen molar-refractivity contribution in [3.05, 3.63) is 42.6 Å². The summed E-state index contributed by atoms with van der Waals surface area (Å²) in [6, 6.07) is 7.52. The SMILES string of the molecule is CCCC(c1nc2cc(-c3ccncc3)cnc2n1CC)N1C[C@@H](C)N[C@@H](C)C1. The van der Waals surface area contributed by atoms with E-state index in [0.717, 1.165) is 60.6 Å². The monoisotopic (exact) mass is 392 g/mol. The lowest BCUT2D eigenvalue weighted by molar-refractivity contribution is 0.110. The number of imidazole rings is 1. The first-order valence-electron chi connectivity index (χ1n) is 10.9. The van der Waals surface area contributed by atoms with Crippen LogP contribution in [0.3, 0.4) is 0 Å². The zero-order chi connectivity index (χ0) is 20.4. The Morgan fingerprint density at radius 1 is 1.10 bits per heavy atom. The predicted molar refractivity (Wildman–Crippen MR) is 118 cm³/mol. The summed E-state index contributed by atoms with van der Waals surface area (Å²) in [5.41, 5.74) is 4.17. The summed E-state index contributed by atoms with van der Waals surface area (Å²) in [6.07, 6.45) is 7.85. The Kier molecular flexibility index (Phi) is 5.92. The zero-order valence-electron chi connectivity index (χ0n) is 18.0. The van der Waals surface area contributed by atoms with Gasteiger partial charge in [0.1, 0.15) is 11.3 Å². The molecule has 0 saturated carbocycles. The van der Waals surface area contributed by atoms with E-state index < -0.39 is 0 Å². The van der Waals surface area contributed by atoms with Gasteiger partial charge in [0.05, 0.1) is 6.04 Å². The van der Waals surface area contributed by atoms with Crippen molar-refractivity contribution in [2.24, 2.45) is 0 Å². The van der Waals surface area contributed by atoms with Gasteiger partial charge in [0.15, 0.2) is 5.65 Å². The van der Waals surface area contributed by atoms with Crippen LogP contribution < -0.4 is 5.32 Å². The van der Waals surface area contributed by atoms with E-state index in [1.807, 2.05) is 30.7 Å². The number of hydrogen-bond donors (Lipinski definition) is 1. The zero-order valence-corrected chi connectivity index (χ0v) is 18.0. The number of piperazine rings is 1. The number of aromatic nitrogens is 4. The van der Waals surface area contributed by atoms with Crippen molar-refractivity contribution in [3.63, 3.8) is 0 Å². The Morgan fingerprint density at radius 3 is 2.48 bits per heavy atom. The lowest BCUT2D eigenvalue weighted by atomic mass is 10.0. The number of aryl methyl sites for hydroxylation is 1. The molecule has 4 rings (SSSR count). The van der Waals surface area contributed by atoms with Crippen LogP contribution in [0.5, 0.6) is 0 Å².